The summed E-state index contributed by atoms with van der Waals surface area (Å²) in [6, 6.07) is 9.98. The highest BCUT2D eigenvalue weighted by molar-refractivity contribution is 7.92. The zero-order valence-electron chi connectivity index (χ0n) is 15.1. The zero-order valence-corrected chi connectivity index (χ0v) is 15.9. The molecule has 0 saturated carbocycles. The maximum absolute atomic E-state index is 12.7. The highest BCUT2D eigenvalue weighted by Crippen LogP contribution is 2.24. The van der Waals surface area contributed by atoms with Crippen molar-refractivity contribution in [2.75, 3.05) is 10.5 Å². The fraction of sp³-hybridized carbons (Fsp3) is 0.0556. The normalized spacial score (nSPS) is 11.7. The number of nitrogens with two attached hydrogens (primary N) is 1. The Kier molecular flexibility index (Phi) is 4.91. The van der Waals surface area contributed by atoms with E-state index in [4.69, 9.17) is 5.73 Å². The highest BCUT2D eigenvalue weighted by Gasteiger charge is 2.16. The molecule has 0 bridgehead atoms. The molecule has 9 nitrogen and oxygen atoms in total. The molecular weight excluding hydrogens is 418 g/mol. The van der Waals surface area contributed by atoms with Gasteiger partial charge in [-0.15, -0.1) is 5.10 Å². The molecule has 30 heavy (non-hydrogen) atoms. The molecule has 3 aromatic heterocycles. The molecule has 0 aliphatic heterocycles. The van der Waals surface area contributed by atoms with Gasteiger partial charge < -0.3 is 10.5 Å². The standard InChI is InChI=1S/C18H14F2N6O3S/c19-17(20)29-14-4-2-13(3-5-14)25-30(27,28)15-7-12(8-22-9-15)11-1-6-16-23-18(21)24-26(16)10-11/h1-10,17,25H,(H2,21,24). The van der Waals surface area contributed by atoms with Gasteiger partial charge in [0.1, 0.15) is 10.6 Å². The van der Waals surface area contributed by atoms with Gasteiger partial charge in [-0.2, -0.15) is 13.8 Å². The van der Waals surface area contributed by atoms with Gasteiger partial charge in [-0.05, 0) is 42.5 Å². The lowest BCUT2D eigenvalue weighted by molar-refractivity contribution is -0.0498. The van der Waals surface area contributed by atoms with Crippen molar-refractivity contribution in [1.82, 2.24) is 19.6 Å². The molecule has 0 amide bonds. The SMILES string of the molecule is Nc1nc2ccc(-c3cncc(S(=O)(=O)Nc4ccc(OC(F)F)cc4)c3)cn2n1. The number of hydrogen-bond acceptors (Lipinski definition) is 7. The molecule has 0 atom stereocenters. The number of sulfonamides is 1. The first-order valence-corrected chi connectivity index (χ1v) is 9.93. The Morgan fingerprint density at radius 2 is 1.83 bits per heavy atom. The largest absolute Gasteiger partial charge is 0.435 e. The van der Waals surface area contributed by atoms with Crippen LogP contribution in [0.3, 0.4) is 0 Å². The van der Waals surface area contributed by atoms with E-state index in [1.54, 1.807) is 18.3 Å². The molecule has 12 heteroatoms. The predicted molar refractivity (Wildman–Crippen MR) is 105 cm³/mol. The summed E-state index contributed by atoms with van der Waals surface area (Å²) in [7, 11) is -3.97. The number of nitrogen functional groups attached to an aromatic ring is 1. The molecule has 3 N–H and O–H groups in total. The minimum absolute atomic E-state index is 0.0777. The van der Waals surface area contributed by atoms with E-state index in [1.165, 1.54) is 47.2 Å². The van der Waals surface area contributed by atoms with Gasteiger partial charge in [0, 0.05) is 35.4 Å². The summed E-state index contributed by atoms with van der Waals surface area (Å²) in [6.07, 6.45) is 4.37. The Hall–Kier alpha value is -3.80. The van der Waals surface area contributed by atoms with E-state index in [9.17, 15) is 17.2 Å². The van der Waals surface area contributed by atoms with Crippen molar-refractivity contribution in [2.45, 2.75) is 11.5 Å². The van der Waals surface area contributed by atoms with E-state index in [1.807, 2.05) is 0 Å². The molecule has 0 aliphatic carbocycles. The lowest BCUT2D eigenvalue weighted by Crippen LogP contribution is -2.13. The first-order chi connectivity index (χ1) is 14.3. The summed E-state index contributed by atoms with van der Waals surface area (Å²) >= 11 is 0. The van der Waals surface area contributed by atoms with Gasteiger partial charge in [-0.25, -0.2) is 12.9 Å². The Labute approximate surface area is 169 Å². The van der Waals surface area contributed by atoms with Crippen LogP contribution in [0.25, 0.3) is 16.8 Å². The first kappa shape index (κ1) is 19.5. The fourth-order valence-electron chi connectivity index (χ4n) is 2.71. The zero-order chi connectivity index (χ0) is 21.3. The summed E-state index contributed by atoms with van der Waals surface area (Å²) in [6.45, 7) is -2.96. The van der Waals surface area contributed by atoms with E-state index in [0.717, 1.165) is 0 Å². The highest BCUT2D eigenvalue weighted by atomic mass is 32.2. The van der Waals surface area contributed by atoms with Crippen LogP contribution in [0.1, 0.15) is 0 Å². The summed E-state index contributed by atoms with van der Waals surface area (Å²) in [4.78, 5) is 7.96. The van der Waals surface area contributed by atoms with Crippen LogP contribution in [-0.4, -0.2) is 34.6 Å². The van der Waals surface area contributed by atoms with Gasteiger partial charge in [0.05, 0.1) is 0 Å². The number of aromatic nitrogens is 4. The fourth-order valence-corrected chi connectivity index (χ4v) is 3.76. The number of halogens is 2. The number of nitrogens with one attached hydrogen (secondary N) is 1. The van der Waals surface area contributed by atoms with Crippen molar-refractivity contribution >= 4 is 27.3 Å². The average Bonchev–Trinajstić information content (AvgIpc) is 3.08. The second-order valence-electron chi connectivity index (χ2n) is 6.11. The van der Waals surface area contributed by atoms with Crippen LogP contribution >= 0.6 is 0 Å². The van der Waals surface area contributed by atoms with Gasteiger partial charge in [0.25, 0.3) is 10.0 Å². The quantitative estimate of drug-likeness (QED) is 0.480. The maximum Gasteiger partial charge on any atom is 0.387 e. The average molecular weight is 432 g/mol. The van der Waals surface area contributed by atoms with Crippen molar-refractivity contribution in [1.29, 1.82) is 0 Å². The number of hydrogen-bond donors (Lipinski definition) is 2. The maximum atomic E-state index is 12.7. The van der Waals surface area contributed by atoms with Gasteiger partial charge in [-0.3, -0.25) is 9.71 Å². The molecule has 0 saturated heterocycles. The van der Waals surface area contributed by atoms with Crippen LogP contribution in [0, 0.1) is 0 Å². The summed E-state index contributed by atoms with van der Waals surface area (Å²) < 4.78 is 58.0. The van der Waals surface area contributed by atoms with E-state index in [0.29, 0.717) is 16.8 Å². The second kappa shape index (κ2) is 7.55. The topological polar surface area (TPSA) is 124 Å². The lowest BCUT2D eigenvalue weighted by atomic mass is 10.1. The third kappa shape index (κ3) is 4.12. The molecule has 1 aromatic carbocycles. The predicted octanol–water partition coefficient (Wildman–Crippen LogP) is 2.78. The summed E-state index contributed by atoms with van der Waals surface area (Å²) in [5.41, 5.74) is 7.51. The monoisotopic (exact) mass is 432 g/mol. The number of pyridine rings is 2. The van der Waals surface area contributed by atoms with E-state index in [2.05, 4.69) is 24.5 Å². The molecule has 0 aliphatic rings. The third-order valence-corrected chi connectivity index (χ3v) is 5.38. The van der Waals surface area contributed by atoms with E-state index in [-0.39, 0.29) is 22.3 Å². The molecular formula is C18H14F2N6O3S. The Morgan fingerprint density at radius 1 is 1.07 bits per heavy atom. The minimum atomic E-state index is -3.97. The van der Waals surface area contributed by atoms with Crippen LogP contribution in [0.5, 0.6) is 5.75 Å². The molecule has 4 aromatic rings. The molecule has 154 valence electrons. The molecule has 0 spiro atoms. The van der Waals surface area contributed by atoms with E-state index >= 15 is 0 Å². The Bertz CT molecular complexity index is 1310. The first-order valence-electron chi connectivity index (χ1n) is 8.45. The number of anilines is 2. The number of alkyl halides is 2. The van der Waals surface area contributed by atoms with Gasteiger partial charge in [-0.1, -0.05) is 0 Å². The van der Waals surface area contributed by atoms with Crippen molar-refractivity contribution < 1.29 is 21.9 Å². The van der Waals surface area contributed by atoms with Crippen LogP contribution < -0.4 is 15.2 Å². The van der Waals surface area contributed by atoms with Crippen LogP contribution in [-0.2, 0) is 10.0 Å². The minimum Gasteiger partial charge on any atom is -0.435 e. The lowest BCUT2D eigenvalue weighted by Gasteiger charge is -2.10. The number of nitrogens with zero attached hydrogens (tertiary/aromatic N) is 4. The number of rotatable bonds is 6. The second-order valence-corrected chi connectivity index (χ2v) is 7.79. The van der Waals surface area contributed by atoms with E-state index < -0.39 is 16.6 Å². The van der Waals surface area contributed by atoms with Crippen molar-refractivity contribution in [2.24, 2.45) is 0 Å². The summed E-state index contributed by atoms with van der Waals surface area (Å²) in [5, 5.41) is 4.03. The molecule has 0 fully saturated rings. The van der Waals surface area contributed by atoms with Gasteiger partial charge in [0.2, 0.25) is 5.95 Å². The number of benzene rings is 1. The van der Waals surface area contributed by atoms with Gasteiger partial charge in [0.15, 0.2) is 5.65 Å². The molecule has 4 rings (SSSR count). The molecule has 0 unspecified atom stereocenters. The van der Waals surface area contributed by atoms with Crippen molar-refractivity contribution in [3.05, 3.63) is 61.1 Å². The Balaban J connectivity index is 1.60. The van der Waals surface area contributed by atoms with Crippen LogP contribution in [0.4, 0.5) is 20.4 Å². The molecule has 0 radical (unpaired) electrons. The van der Waals surface area contributed by atoms with Gasteiger partial charge >= 0.3 is 6.61 Å². The number of ether oxygens (including phenoxy) is 1. The smallest absolute Gasteiger partial charge is 0.387 e. The summed E-state index contributed by atoms with van der Waals surface area (Å²) in [5.74, 6) is 0.0384. The van der Waals surface area contributed by atoms with Crippen LogP contribution in [0.15, 0.2) is 66.0 Å². The van der Waals surface area contributed by atoms with Crippen molar-refractivity contribution in [3.8, 4) is 16.9 Å². The van der Waals surface area contributed by atoms with Crippen LogP contribution in [0.2, 0.25) is 0 Å². The van der Waals surface area contributed by atoms with Crippen molar-refractivity contribution in [3.63, 3.8) is 0 Å². The Morgan fingerprint density at radius 3 is 2.57 bits per heavy atom. The third-order valence-electron chi connectivity index (χ3n) is 4.04. The number of fused-ring (bicyclic) bond motifs is 1. The molecule has 3 heterocycles.